The molecule has 0 unspecified atom stereocenters. The lowest BCUT2D eigenvalue weighted by Gasteiger charge is -2.18. The molecule has 1 aromatic rings. The van der Waals surface area contributed by atoms with Gasteiger partial charge in [-0.1, -0.05) is 6.07 Å². The van der Waals surface area contributed by atoms with E-state index < -0.39 is 10.0 Å². The van der Waals surface area contributed by atoms with E-state index in [1.165, 1.54) is 19.2 Å². The molecule has 1 aromatic carbocycles. The minimum absolute atomic E-state index is 0.0299. The SMILES string of the molecule is CN(c1cccc(O)c1)S(=O)(=O)CCN. The molecule has 0 saturated carbocycles. The summed E-state index contributed by atoms with van der Waals surface area (Å²) in [6.07, 6.45) is 0. The maximum atomic E-state index is 11.6. The number of phenolic OH excluding ortho intramolecular Hbond substituents is 1. The number of aromatic hydroxyl groups is 1. The van der Waals surface area contributed by atoms with Gasteiger partial charge in [-0.25, -0.2) is 8.42 Å². The van der Waals surface area contributed by atoms with E-state index in [1.807, 2.05) is 0 Å². The van der Waals surface area contributed by atoms with Crippen LogP contribution in [0.15, 0.2) is 24.3 Å². The Kier molecular flexibility index (Phi) is 3.54. The molecule has 5 nitrogen and oxygen atoms in total. The highest BCUT2D eigenvalue weighted by molar-refractivity contribution is 7.92. The number of nitrogens with two attached hydrogens (primary N) is 1. The quantitative estimate of drug-likeness (QED) is 0.769. The van der Waals surface area contributed by atoms with E-state index in [-0.39, 0.29) is 18.0 Å². The Labute approximate surface area is 89.2 Å². The van der Waals surface area contributed by atoms with Crippen LogP contribution in [0, 0.1) is 0 Å². The van der Waals surface area contributed by atoms with Crippen molar-refractivity contribution in [3.8, 4) is 5.75 Å². The van der Waals surface area contributed by atoms with Gasteiger partial charge in [-0.2, -0.15) is 0 Å². The molecule has 0 amide bonds. The molecule has 0 aliphatic carbocycles. The van der Waals surface area contributed by atoms with Crippen molar-refractivity contribution in [1.29, 1.82) is 0 Å². The van der Waals surface area contributed by atoms with Gasteiger partial charge in [0.2, 0.25) is 10.0 Å². The van der Waals surface area contributed by atoms with Gasteiger partial charge in [0.15, 0.2) is 0 Å². The van der Waals surface area contributed by atoms with Gasteiger partial charge in [0, 0.05) is 19.7 Å². The Hall–Kier alpha value is -1.27. The summed E-state index contributed by atoms with van der Waals surface area (Å²) in [6.45, 7) is 0.0749. The molecule has 84 valence electrons. The van der Waals surface area contributed by atoms with Crippen molar-refractivity contribution >= 4 is 15.7 Å². The number of rotatable bonds is 4. The maximum Gasteiger partial charge on any atom is 0.236 e. The fourth-order valence-corrected chi connectivity index (χ4v) is 2.14. The Morgan fingerprint density at radius 2 is 2.13 bits per heavy atom. The van der Waals surface area contributed by atoms with Gasteiger partial charge >= 0.3 is 0 Å². The third-order valence-electron chi connectivity index (χ3n) is 1.99. The summed E-state index contributed by atoms with van der Waals surface area (Å²) < 4.78 is 24.3. The second-order valence-electron chi connectivity index (χ2n) is 3.09. The van der Waals surface area contributed by atoms with Crippen LogP contribution in [0.5, 0.6) is 5.75 Å². The van der Waals surface area contributed by atoms with E-state index in [9.17, 15) is 13.5 Å². The van der Waals surface area contributed by atoms with E-state index in [2.05, 4.69) is 0 Å². The predicted octanol–water partition coefficient (Wildman–Crippen LogP) is 0.117. The van der Waals surface area contributed by atoms with Gasteiger partial charge in [0.25, 0.3) is 0 Å². The highest BCUT2D eigenvalue weighted by Crippen LogP contribution is 2.20. The van der Waals surface area contributed by atoms with Gasteiger partial charge in [-0.15, -0.1) is 0 Å². The van der Waals surface area contributed by atoms with Gasteiger partial charge in [-0.3, -0.25) is 4.31 Å². The molecule has 0 radical (unpaired) electrons. The average molecular weight is 230 g/mol. The molecule has 0 aliphatic rings. The molecule has 0 aromatic heterocycles. The van der Waals surface area contributed by atoms with Crippen LogP contribution in [0.1, 0.15) is 0 Å². The molecular formula is C9H14N2O3S. The molecule has 1 rings (SSSR count). The molecule has 6 heteroatoms. The molecule has 0 aliphatic heterocycles. The largest absolute Gasteiger partial charge is 0.508 e. The van der Waals surface area contributed by atoms with Crippen molar-refractivity contribution in [3.63, 3.8) is 0 Å². The zero-order valence-corrected chi connectivity index (χ0v) is 9.24. The lowest BCUT2D eigenvalue weighted by molar-refractivity contribution is 0.475. The second kappa shape index (κ2) is 4.50. The molecular weight excluding hydrogens is 216 g/mol. The molecule has 0 atom stereocenters. The topological polar surface area (TPSA) is 83.6 Å². The number of hydrogen-bond acceptors (Lipinski definition) is 4. The van der Waals surface area contributed by atoms with Gasteiger partial charge in [-0.05, 0) is 12.1 Å². The minimum Gasteiger partial charge on any atom is -0.508 e. The van der Waals surface area contributed by atoms with Crippen LogP contribution < -0.4 is 10.0 Å². The molecule has 0 fully saturated rings. The molecule has 0 saturated heterocycles. The number of anilines is 1. The molecule has 3 N–H and O–H groups in total. The van der Waals surface area contributed by atoms with E-state index >= 15 is 0 Å². The monoisotopic (exact) mass is 230 g/mol. The summed E-state index contributed by atoms with van der Waals surface area (Å²) in [7, 11) is -1.95. The zero-order chi connectivity index (χ0) is 11.5. The first-order valence-corrected chi connectivity index (χ1v) is 6.04. The lowest BCUT2D eigenvalue weighted by atomic mass is 10.3. The number of benzene rings is 1. The fraction of sp³-hybridized carbons (Fsp3) is 0.333. The van der Waals surface area contributed by atoms with Crippen LogP contribution in [0.25, 0.3) is 0 Å². The highest BCUT2D eigenvalue weighted by Gasteiger charge is 2.17. The third-order valence-corrected chi connectivity index (χ3v) is 3.78. The second-order valence-corrected chi connectivity index (χ2v) is 5.21. The van der Waals surface area contributed by atoms with Crippen LogP contribution in [0.4, 0.5) is 5.69 Å². The first-order valence-electron chi connectivity index (χ1n) is 4.43. The Morgan fingerprint density at radius 1 is 1.47 bits per heavy atom. The smallest absolute Gasteiger partial charge is 0.236 e. The van der Waals surface area contributed by atoms with Gasteiger partial charge in [0.05, 0.1) is 11.4 Å². The van der Waals surface area contributed by atoms with Crippen molar-refractivity contribution in [1.82, 2.24) is 0 Å². The summed E-state index contributed by atoms with van der Waals surface area (Å²) in [5.41, 5.74) is 5.63. The Bertz CT molecular complexity index is 431. The van der Waals surface area contributed by atoms with Crippen molar-refractivity contribution in [2.24, 2.45) is 5.73 Å². The first kappa shape index (κ1) is 11.8. The van der Waals surface area contributed by atoms with Crippen molar-refractivity contribution < 1.29 is 13.5 Å². The van der Waals surface area contributed by atoms with Gasteiger partial charge in [0.1, 0.15) is 5.75 Å². The highest BCUT2D eigenvalue weighted by atomic mass is 32.2. The van der Waals surface area contributed by atoms with Crippen LogP contribution in [0.3, 0.4) is 0 Å². The molecule has 0 spiro atoms. The van der Waals surface area contributed by atoms with Crippen LogP contribution in [0.2, 0.25) is 0 Å². The number of hydrogen-bond donors (Lipinski definition) is 2. The van der Waals surface area contributed by atoms with Crippen LogP contribution in [-0.4, -0.2) is 32.9 Å². The summed E-state index contributed by atoms with van der Waals surface area (Å²) in [6, 6.07) is 6.05. The van der Waals surface area contributed by atoms with E-state index in [4.69, 9.17) is 5.73 Å². The summed E-state index contributed by atoms with van der Waals surface area (Å²) in [5.74, 6) is -0.0820. The Balaban J connectivity index is 2.99. The number of phenols is 1. The van der Waals surface area contributed by atoms with Crippen molar-refractivity contribution in [2.75, 3.05) is 23.7 Å². The maximum absolute atomic E-state index is 11.6. The number of sulfonamides is 1. The normalized spacial score (nSPS) is 11.3. The lowest BCUT2D eigenvalue weighted by Crippen LogP contribution is -2.31. The predicted molar refractivity (Wildman–Crippen MR) is 59.4 cm³/mol. The first-order chi connectivity index (χ1) is 6.97. The average Bonchev–Trinajstić information content (AvgIpc) is 2.16. The fourth-order valence-electron chi connectivity index (χ4n) is 1.14. The number of nitrogens with zero attached hydrogens (tertiary/aromatic N) is 1. The van der Waals surface area contributed by atoms with Crippen molar-refractivity contribution in [2.45, 2.75) is 0 Å². The summed E-state index contributed by atoms with van der Waals surface area (Å²) >= 11 is 0. The minimum atomic E-state index is -3.38. The van der Waals surface area contributed by atoms with E-state index in [0.717, 1.165) is 4.31 Å². The summed E-state index contributed by atoms with van der Waals surface area (Å²) in [5, 5.41) is 9.21. The van der Waals surface area contributed by atoms with Gasteiger partial charge < -0.3 is 10.8 Å². The summed E-state index contributed by atoms with van der Waals surface area (Å²) in [4.78, 5) is 0. The standard InChI is InChI=1S/C9H14N2O3S/c1-11(15(13,14)6-5-10)8-3-2-4-9(12)7-8/h2-4,7,12H,5-6,10H2,1H3. The molecule has 15 heavy (non-hydrogen) atoms. The Morgan fingerprint density at radius 3 is 2.67 bits per heavy atom. The zero-order valence-electron chi connectivity index (χ0n) is 8.42. The third kappa shape index (κ3) is 2.84. The van der Waals surface area contributed by atoms with Crippen molar-refractivity contribution in [3.05, 3.63) is 24.3 Å². The molecule has 0 heterocycles. The van der Waals surface area contributed by atoms with E-state index in [0.29, 0.717) is 5.69 Å². The molecule has 0 bridgehead atoms. The van der Waals surface area contributed by atoms with Crippen LogP contribution in [-0.2, 0) is 10.0 Å². The van der Waals surface area contributed by atoms with E-state index in [1.54, 1.807) is 12.1 Å². The van der Waals surface area contributed by atoms with Crippen LogP contribution >= 0.6 is 0 Å².